The molecule has 0 fully saturated rings. The summed E-state index contributed by atoms with van der Waals surface area (Å²) >= 11 is 1.33. The van der Waals surface area contributed by atoms with E-state index in [9.17, 15) is 0 Å². The third kappa shape index (κ3) is 9.48. The fraction of sp³-hybridized carbons (Fsp3) is 0.0930. The van der Waals surface area contributed by atoms with E-state index in [1.807, 2.05) is 182 Å². The zero-order chi connectivity index (χ0) is 35.9. The molecular formula is C43H42As2Cl2O3P3Zr. The standard InChI is InChI=1S/C37H31O3P3.C6H9As2.2ClH.Zr/c38-41(31-19-7-1-8-20-31,32-21-9-2-10-22-32)37(42(39,33-23-11-3-12-24-33)34-25-13-4-14-26-34)43(40,35-27-15-5-16-28-35)36-29-17-6-18-30-36;1-4-5(2)7-8-6(4)3;;;/h1-30,37H;1-3H3;2*1H;. The Kier molecular flexibility index (Phi) is 18.2. The van der Waals surface area contributed by atoms with E-state index in [0.29, 0.717) is 58.8 Å². The molecule has 275 valence electrons. The molecule has 0 spiro atoms. The molecule has 0 aromatic heterocycles. The summed E-state index contributed by atoms with van der Waals surface area (Å²) in [6, 6.07) is 55.2. The Morgan fingerprint density at radius 1 is 0.389 bits per heavy atom. The first-order valence-corrected chi connectivity index (χ1v) is 29.2. The molecule has 0 unspecified atom stereocenters. The van der Waals surface area contributed by atoms with E-state index in [0.717, 1.165) is 0 Å². The molecule has 54 heavy (non-hydrogen) atoms. The van der Waals surface area contributed by atoms with Gasteiger partial charge in [-0.3, -0.25) is 0 Å². The molecule has 1 aliphatic heterocycles. The van der Waals surface area contributed by atoms with Crippen LogP contribution in [-0.2, 0) is 39.9 Å². The fourth-order valence-corrected chi connectivity index (χ4v) is 31.8. The molecule has 0 saturated heterocycles. The van der Waals surface area contributed by atoms with Crippen LogP contribution in [0.2, 0.25) is 0 Å². The van der Waals surface area contributed by atoms with Crippen LogP contribution >= 0.6 is 46.2 Å². The van der Waals surface area contributed by atoms with Gasteiger partial charge in [-0.05, 0) is 0 Å². The van der Waals surface area contributed by atoms with Crippen LogP contribution in [-0.4, -0.2) is 36.4 Å². The second-order valence-electron chi connectivity index (χ2n) is 12.3. The predicted octanol–water partition coefficient (Wildman–Crippen LogP) is 8.96. The number of rotatable bonds is 9. The second kappa shape index (κ2) is 21.1. The molecule has 1 aliphatic rings. The van der Waals surface area contributed by atoms with Crippen LogP contribution in [0.3, 0.4) is 0 Å². The van der Waals surface area contributed by atoms with Crippen molar-refractivity contribution in [2.24, 2.45) is 0 Å². The normalized spacial score (nSPS) is 13.4. The molecule has 0 amide bonds. The van der Waals surface area contributed by atoms with Crippen molar-refractivity contribution in [3.8, 4) is 0 Å². The third-order valence-corrected chi connectivity index (χ3v) is 34.0. The smallest absolute Gasteiger partial charge is 0.161 e. The van der Waals surface area contributed by atoms with Crippen molar-refractivity contribution < 1.29 is 39.9 Å². The molecule has 0 N–H and O–H groups in total. The minimum Gasteiger partial charge on any atom is -0.312 e. The number of allylic oxidation sites excluding steroid dienone is 2. The number of hydrogen-bond donors (Lipinski definition) is 0. The van der Waals surface area contributed by atoms with E-state index in [2.05, 4.69) is 20.8 Å². The number of hydrogen-bond acceptors (Lipinski definition) is 3. The summed E-state index contributed by atoms with van der Waals surface area (Å²) in [6.45, 7) is 6.85. The quantitative estimate of drug-likeness (QED) is 0.108. The summed E-state index contributed by atoms with van der Waals surface area (Å²) in [5.74, 6) is 0. The molecule has 0 aliphatic carbocycles. The maximum absolute atomic E-state index is 16.6. The molecule has 0 atom stereocenters. The molecular weight excluding hydrogens is 969 g/mol. The SMILES string of the molecule is CC1=[As][As]C(C)=C1C.Cl.Cl.O=P(c1ccccc1)(c1ccccc1)C(P(=O)(c1ccccc1)c1ccccc1)P(=O)(c1ccccc1)c1ccccc1.[Zr]. The molecule has 3 nitrogen and oxygen atoms in total. The van der Waals surface area contributed by atoms with Gasteiger partial charge in [-0.25, -0.2) is 0 Å². The molecule has 6 aromatic rings. The molecule has 1 heterocycles. The van der Waals surface area contributed by atoms with Crippen LogP contribution in [0.15, 0.2) is 192 Å². The summed E-state index contributed by atoms with van der Waals surface area (Å²) in [4.78, 5) is 0. The van der Waals surface area contributed by atoms with E-state index < -0.39 is 26.6 Å². The van der Waals surface area contributed by atoms with Gasteiger partial charge >= 0.3 is 61.9 Å². The Hall–Kier alpha value is -1.80. The average Bonchev–Trinajstić information content (AvgIpc) is 3.50. The molecule has 7 rings (SSSR count). The zero-order valence-corrected chi connectivity index (χ0v) is 40.7. The van der Waals surface area contributed by atoms with E-state index in [4.69, 9.17) is 0 Å². The summed E-state index contributed by atoms with van der Waals surface area (Å²) < 4.78 is 53.1. The molecule has 11 heteroatoms. The van der Waals surface area contributed by atoms with E-state index in [1.54, 1.807) is 14.2 Å². The summed E-state index contributed by atoms with van der Waals surface area (Å²) in [7, 11) is -11.9. The van der Waals surface area contributed by atoms with Gasteiger partial charge in [0.15, 0.2) is 21.4 Å². The summed E-state index contributed by atoms with van der Waals surface area (Å²) in [5.41, 5.74) is 1.63. The molecule has 6 aromatic carbocycles. The van der Waals surface area contributed by atoms with Crippen molar-refractivity contribution in [1.29, 1.82) is 0 Å². The molecule has 0 saturated carbocycles. The van der Waals surface area contributed by atoms with Gasteiger partial charge in [0, 0.05) is 58.0 Å². The minimum atomic E-state index is -3.97. The van der Waals surface area contributed by atoms with E-state index in [1.165, 1.54) is 0 Å². The van der Waals surface area contributed by atoms with Gasteiger partial charge < -0.3 is 13.7 Å². The maximum Gasteiger partial charge on any atom is 0.161 e. The first-order chi connectivity index (χ1) is 24.7. The second-order valence-corrected chi connectivity index (χ2v) is 30.2. The molecule has 0 bridgehead atoms. The van der Waals surface area contributed by atoms with Gasteiger partial charge in [-0.15, -0.1) is 24.8 Å². The first-order valence-electron chi connectivity index (χ1n) is 16.8. The minimum absolute atomic E-state index is 0. The number of benzene rings is 6. The van der Waals surface area contributed by atoms with Crippen molar-refractivity contribution in [2.75, 3.05) is 0 Å². The van der Waals surface area contributed by atoms with Gasteiger partial charge in [0.1, 0.15) is 5.14 Å². The van der Waals surface area contributed by atoms with Crippen molar-refractivity contribution >= 4 is 109 Å². The van der Waals surface area contributed by atoms with Crippen molar-refractivity contribution in [1.82, 2.24) is 0 Å². The van der Waals surface area contributed by atoms with Crippen LogP contribution in [0.4, 0.5) is 0 Å². The van der Waals surface area contributed by atoms with Crippen molar-refractivity contribution in [3.63, 3.8) is 0 Å². The van der Waals surface area contributed by atoms with Gasteiger partial charge in [0.05, 0.1) is 0 Å². The van der Waals surface area contributed by atoms with E-state index >= 15 is 13.7 Å². The Morgan fingerprint density at radius 2 is 0.593 bits per heavy atom. The monoisotopic (exact) mass is 1010 g/mol. The average molecular weight is 1010 g/mol. The Morgan fingerprint density at radius 3 is 0.722 bits per heavy atom. The van der Waals surface area contributed by atoms with Crippen LogP contribution in [0.1, 0.15) is 20.8 Å². The topological polar surface area (TPSA) is 51.2 Å². The number of halogens is 2. The Bertz CT molecular complexity index is 1930. The Labute approximate surface area is 363 Å². The van der Waals surface area contributed by atoms with Crippen LogP contribution in [0, 0.1) is 0 Å². The van der Waals surface area contributed by atoms with Crippen LogP contribution in [0.25, 0.3) is 0 Å². The van der Waals surface area contributed by atoms with Gasteiger partial charge in [-0.2, -0.15) is 0 Å². The largest absolute Gasteiger partial charge is 0.312 e. The Balaban J connectivity index is 0.000000635. The van der Waals surface area contributed by atoms with Gasteiger partial charge in [0.25, 0.3) is 0 Å². The maximum atomic E-state index is 16.6. The first kappa shape index (κ1) is 46.6. The van der Waals surface area contributed by atoms with Crippen molar-refractivity contribution in [2.45, 2.75) is 25.9 Å². The zero-order valence-electron chi connectivity index (χ0n) is 30.2. The van der Waals surface area contributed by atoms with Crippen LogP contribution < -0.4 is 31.8 Å². The van der Waals surface area contributed by atoms with Gasteiger partial charge in [0.2, 0.25) is 0 Å². The summed E-state index contributed by atoms with van der Waals surface area (Å²) in [5, 5.41) is 1.80. The van der Waals surface area contributed by atoms with Crippen molar-refractivity contribution in [3.05, 3.63) is 192 Å². The predicted molar refractivity (Wildman–Crippen MR) is 238 cm³/mol. The third-order valence-electron chi connectivity index (χ3n) is 9.25. The summed E-state index contributed by atoms with van der Waals surface area (Å²) in [6.07, 6.45) is 0. The van der Waals surface area contributed by atoms with E-state index in [-0.39, 0.29) is 51.0 Å². The van der Waals surface area contributed by atoms with Gasteiger partial charge in [-0.1, -0.05) is 182 Å². The van der Waals surface area contributed by atoms with Crippen LogP contribution in [0.5, 0.6) is 0 Å². The molecule has 1 radical (unpaired) electrons. The fourth-order valence-electron chi connectivity index (χ4n) is 6.39.